The number of benzene rings is 1. The average molecular weight is 467 g/mol. The number of aromatic nitrogens is 2. The third-order valence-corrected chi connectivity index (χ3v) is 5.55. The average Bonchev–Trinajstić information content (AvgIpc) is 3.23. The number of imidazole rings is 1. The van der Waals surface area contributed by atoms with Crippen molar-refractivity contribution in [3.8, 4) is 16.9 Å². The highest BCUT2D eigenvalue weighted by Crippen LogP contribution is 2.33. The second-order valence-electron chi connectivity index (χ2n) is 7.87. The number of halogens is 1. The lowest BCUT2D eigenvalue weighted by Crippen LogP contribution is -2.27. The number of nitrogens with zero attached hydrogens (tertiary/aromatic N) is 3. The summed E-state index contributed by atoms with van der Waals surface area (Å²) in [5.74, 6) is -0.471. The van der Waals surface area contributed by atoms with Crippen molar-refractivity contribution in [3.63, 3.8) is 0 Å². The van der Waals surface area contributed by atoms with Gasteiger partial charge in [0.05, 0.1) is 13.2 Å². The van der Waals surface area contributed by atoms with Crippen LogP contribution in [-0.2, 0) is 11.2 Å². The second-order valence-corrected chi connectivity index (χ2v) is 7.87. The van der Waals surface area contributed by atoms with Crippen molar-refractivity contribution in [1.82, 2.24) is 14.7 Å². The monoisotopic (exact) mass is 466 g/mol. The molecule has 5 N–H and O–H groups in total. The smallest absolute Gasteiger partial charge is 0.217 e. The van der Waals surface area contributed by atoms with Crippen LogP contribution in [0.5, 0.6) is 5.75 Å². The predicted molar refractivity (Wildman–Crippen MR) is 132 cm³/mol. The summed E-state index contributed by atoms with van der Waals surface area (Å²) in [5.41, 5.74) is 17.1. The molecular weight excluding hydrogens is 435 g/mol. The molecule has 34 heavy (non-hydrogen) atoms. The quantitative estimate of drug-likeness (QED) is 0.397. The predicted octanol–water partition coefficient (Wildman–Crippen LogP) is 2.85. The third-order valence-electron chi connectivity index (χ3n) is 5.55. The maximum atomic E-state index is 14.8. The van der Waals surface area contributed by atoms with Crippen molar-refractivity contribution in [2.24, 2.45) is 16.5 Å². The van der Waals surface area contributed by atoms with Crippen LogP contribution in [0.2, 0.25) is 0 Å². The van der Waals surface area contributed by atoms with Gasteiger partial charge in [-0.3, -0.25) is 9.79 Å². The summed E-state index contributed by atoms with van der Waals surface area (Å²) < 4.78 is 22.7. The molecule has 2 heterocycles. The lowest BCUT2D eigenvalue weighted by atomic mass is 10.0. The number of rotatable bonds is 10. The zero-order valence-electron chi connectivity index (χ0n) is 19.8. The maximum absolute atomic E-state index is 14.8. The Labute approximate surface area is 198 Å². The fourth-order valence-corrected chi connectivity index (χ4v) is 3.70. The van der Waals surface area contributed by atoms with E-state index in [1.165, 1.54) is 13.0 Å². The van der Waals surface area contributed by atoms with Crippen LogP contribution in [0.3, 0.4) is 0 Å². The van der Waals surface area contributed by atoms with Crippen molar-refractivity contribution in [3.05, 3.63) is 65.5 Å². The fraction of sp³-hybridized carbons (Fsp3) is 0.320. The van der Waals surface area contributed by atoms with Gasteiger partial charge < -0.3 is 25.9 Å². The zero-order chi connectivity index (χ0) is 24.7. The van der Waals surface area contributed by atoms with Crippen molar-refractivity contribution < 1.29 is 13.9 Å². The van der Waals surface area contributed by atoms with E-state index in [1.54, 1.807) is 19.3 Å². The number of carbonyl (C=O) groups is 1. The first-order valence-corrected chi connectivity index (χ1v) is 11.1. The second kappa shape index (κ2) is 11.4. The number of hydrogen-bond acceptors (Lipinski definition) is 6. The summed E-state index contributed by atoms with van der Waals surface area (Å²) in [6.45, 7) is 4.16. The minimum absolute atomic E-state index is 0.160. The molecule has 2 aromatic heterocycles. The van der Waals surface area contributed by atoms with Crippen LogP contribution < -0.4 is 21.5 Å². The zero-order valence-corrected chi connectivity index (χ0v) is 19.8. The van der Waals surface area contributed by atoms with Gasteiger partial charge >= 0.3 is 0 Å². The molecule has 0 unspecified atom stereocenters. The molecule has 0 radical (unpaired) electrons. The van der Waals surface area contributed by atoms with Gasteiger partial charge in [0.1, 0.15) is 5.65 Å². The van der Waals surface area contributed by atoms with Gasteiger partial charge in [0, 0.05) is 67.4 Å². The highest BCUT2D eigenvalue weighted by molar-refractivity contribution is 5.98. The van der Waals surface area contributed by atoms with Crippen LogP contribution in [0, 0.1) is 5.82 Å². The van der Waals surface area contributed by atoms with E-state index >= 15 is 0 Å². The molecule has 0 fully saturated rings. The van der Waals surface area contributed by atoms with Crippen molar-refractivity contribution in [1.29, 1.82) is 0 Å². The molecule has 3 aromatic rings. The molecule has 9 heteroatoms. The number of hydrogen-bond donors (Lipinski definition) is 3. The van der Waals surface area contributed by atoms with Gasteiger partial charge in [0.15, 0.2) is 11.6 Å². The first-order valence-electron chi connectivity index (χ1n) is 11.1. The molecule has 0 aliphatic carbocycles. The van der Waals surface area contributed by atoms with Crippen molar-refractivity contribution >= 4 is 17.3 Å². The fourth-order valence-electron chi connectivity index (χ4n) is 3.70. The topological polar surface area (TPSA) is 120 Å². The molecule has 0 saturated heterocycles. The number of pyridine rings is 1. The molecule has 3 rings (SSSR count). The molecule has 0 spiro atoms. The Morgan fingerprint density at radius 2 is 2.06 bits per heavy atom. The summed E-state index contributed by atoms with van der Waals surface area (Å²) in [6.07, 6.45) is 4.81. The first-order chi connectivity index (χ1) is 16.3. The van der Waals surface area contributed by atoms with Gasteiger partial charge in [-0.15, -0.1) is 0 Å². The van der Waals surface area contributed by atoms with E-state index in [1.807, 2.05) is 35.7 Å². The number of amides is 1. The van der Waals surface area contributed by atoms with E-state index in [9.17, 15) is 9.18 Å². The summed E-state index contributed by atoms with van der Waals surface area (Å²) in [5, 5.41) is 2.69. The number of nitrogens with one attached hydrogen (secondary N) is 1. The largest absolute Gasteiger partial charge is 0.490 e. The van der Waals surface area contributed by atoms with Crippen LogP contribution in [0.15, 0.2) is 59.0 Å². The Balaban J connectivity index is 1.86. The molecule has 0 saturated carbocycles. The molecule has 0 bridgehead atoms. The lowest BCUT2D eigenvalue weighted by molar-refractivity contribution is -0.118. The van der Waals surface area contributed by atoms with E-state index < -0.39 is 5.82 Å². The normalized spacial score (nSPS) is 12.6. The van der Waals surface area contributed by atoms with Crippen LogP contribution in [0.1, 0.15) is 26.0 Å². The Morgan fingerprint density at radius 1 is 1.26 bits per heavy atom. The summed E-state index contributed by atoms with van der Waals surface area (Å²) in [4.78, 5) is 19.9. The molecule has 180 valence electrons. The van der Waals surface area contributed by atoms with Gasteiger partial charge in [-0.05, 0) is 37.2 Å². The third kappa shape index (κ3) is 5.79. The Hall–Kier alpha value is -3.72. The first kappa shape index (κ1) is 24.9. The highest BCUT2D eigenvalue weighted by atomic mass is 19.1. The maximum Gasteiger partial charge on any atom is 0.217 e. The van der Waals surface area contributed by atoms with Gasteiger partial charge in [-0.1, -0.05) is 12.1 Å². The van der Waals surface area contributed by atoms with E-state index in [4.69, 9.17) is 16.2 Å². The Bertz CT molecular complexity index is 1230. The molecule has 8 nitrogen and oxygen atoms in total. The summed E-state index contributed by atoms with van der Waals surface area (Å²) in [7, 11) is 1.67. The minimum Gasteiger partial charge on any atom is -0.490 e. The Morgan fingerprint density at radius 3 is 2.76 bits per heavy atom. The van der Waals surface area contributed by atoms with E-state index in [0.717, 1.165) is 28.2 Å². The summed E-state index contributed by atoms with van der Waals surface area (Å²) >= 11 is 0. The molecule has 1 aromatic carbocycles. The molecule has 0 aliphatic rings. The van der Waals surface area contributed by atoms with Crippen LogP contribution in [-0.4, -0.2) is 47.7 Å². The molecule has 0 aliphatic heterocycles. The highest BCUT2D eigenvalue weighted by Gasteiger charge is 2.15. The van der Waals surface area contributed by atoms with Crippen molar-refractivity contribution in [2.75, 3.05) is 26.7 Å². The lowest BCUT2D eigenvalue weighted by Gasteiger charge is -2.16. The number of carbonyl (C=O) groups excluding carboxylic acids is 1. The van der Waals surface area contributed by atoms with Gasteiger partial charge in [-0.2, -0.15) is 0 Å². The SMILES string of the molecule is CN=C(C)/C(CCOc1c(F)cccc1-c1ccc2ncc(CCN)n2c1)=C(\N)CNC(C)=O. The van der Waals surface area contributed by atoms with E-state index in [-0.39, 0.29) is 24.8 Å². The Kier molecular flexibility index (Phi) is 8.37. The molecular formula is C25H31FN6O2. The van der Waals surface area contributed by atoms with Crippen molar-refractivity contribution in [2.45, 2.75) is 26.7 Å². The number of nitrogens with two attached hydrogens (primary N) is 2. The number of ether oxygens (including phenoxy) is 1. The van der Waals surface area contributed by atoms with Gasteiger partial charge in [0.25, 0.3) is 0 Å². The van der Waals surface area contributed by atoms with Crippen LogP contribution >= 0.6 is 0 Å². The molecule has 0 atom stereocenters. The minimum atomic E-state index is -0.456. The van der Waals surface area contributed by atoms with E-state index in [2.05, 4.69) is 15.3 Å². The number of fused-ring (bicyclic) bond motifs is 1. The van der Waals surface area contributed by atoms with E-state index in [0.29, 0.717) is 30.6 Å². The van der Waals surface area contributed by atoms with Crippen LogP contribution in [0.4, 0.5) is 4.39 Å². The van der Waals surface area contributed by atoms with Crippen LogP contribution in [0.25, 0.3) is 16.8 Å². The van der Waals surface area contributed by atoms with Gasteiger partial charge in [0.2, 0.25) is 5.91 Å². The molecule has 1 amide bonds. The summed E-state index contributed by atoms with van der Waals surface area (Å²) in [6, 6.07) is 8.62. The van der Waals surface area contributed by atoms with Gasteiger partial charge in [-0.25, -0.2) is 9.37 Å². The number of para-hydroxylation sites is 1. The standard InChI is InChI=1S/C25H31FN6O2/c1-16(29-3)20(23(28)14-30-17(2)33)10-12-34-25-21(5-4-6-22(25)26)18-7-8-24-31-13-19(9-11-27)32(24)15-18/h4-8,13,15H,9-12,14,27-28H2,1-3H3,(H,30,33)/b23-20-,29-16?. The number of aliphatic imine (C=N–C) groups is 1.